The zero-order chi connectivity index (χ0) is 15.4. The normalized spacial score (nSPS) is 22.5. The summed E-state index contributed by atoms with van der Waals surface area (Å²) in [6.07, 6.45) is 2.82. The first-order chi connectivity index (χ1) is 10.8. The van der Waals surface area contributed by atoms with Crippen molar-refractivity contribution in [2.24, 2.45) is 0 Å². The Kier molecular flexibility index (Phi) is 4.83. The number of para-hydroxylation sites is 2. The van der Waals surface area contributed by atoms with Crippen LogP contribution in [0.2, 0.25) is 0 Å². The van der Waals surface area contributed by atoms with Gasteiger partial charge in [-0.3, -0.25) is 4.79 Å². The fourth-order valence-electron chi connectivity index (χ4n) is 3.20. The third-order valence-corrected chi connectivity index (χ3v) is 4.47. The Labute approximate surface area is 131 Å². The van der Waals surface area contributed by atoms with Gasteiger partial charge in [-0.1, -0.05) is 12.1 Å². The molecule has 1 aromatic carbocycles. The van der Waals surface area contributed by atoms with E-state index < -0.39 is 0 Å². The lowest BCUT2D eigenvalue weighted by molar-refractivity contribution is -0.146. The number of carbonyl (C=O) groups excluding carboxylic acids is 1. The largest absolute Gasteiger partial charge is 0.495 e. The van der Waals surface area contributed by atoms with Crippen molar-refractivity contribution < 1.29 is 14.3 Å². The molecule has 2 aliphatic heterocycles. The van der Waals surface area contributed by atoms with Crippen LogP contribution in [0.5, 0.6) is 5.75 Å². The third kappa shape index (κ3) is 3.19. The number of rotatable bonds is 3. The molecule has 2 fully saturated rings. The first kappa shape index (κ1) is 15.2. The molecular weight excluding hydrogens is 280 g/mol. The van der Waals surface area contributed by atoms with Crippen molar-refractivity contribution in [3.05, 3.63) is 24.3 Å². The molecule has 1 unspecified atom stereocenters. The van der Waals surface area contributed by atoms with Gasteiger partial charge in [0.05, 0.1) is 12.8 Å². The Morgan fingerprint density at radius 3 is 2.64 bits per heavy atom. The van der Waals surface area contributed by atoms with Gasteiger partial charge < -0.3 is 19.3 Å². The maximum absolute atomic E-state index is 12.5. The topological polar surface area (TPSA) is 42.0 Å². The molecule has 2 saturated heterocycles. The van der Waals surface area contributed by atoms with E-state index in [1.807, 2.05) is 23.1 Å². The van der Waals surface area contributed by atoms with Gasteiger partial charge in [0.25, 0.3) is 5.91 Å². The number of piperazine rings is 1. The van der Waals surface area contributed by atoms with E-state index in [0.29, 0.717) is 0 Å². The van der Waals surface area contributed by atoms with Gasteiger partial charge in [-0.25, -0.2) is 0 Å². The molecule has 0 spiro atoms. The Morgan fingerprint density at radius 2 is 1.95 bits per heavy atom. The van der Waals surface area contributed by atoms with Crippen LogP contribution in [0.1, 0.15) is 19.3 Å². The second kappa shape index (κ2) is 7.01. The number of hydrogen-bond donors (Lipinski definition) is 0. The number of anilines is 1. The smallest absolute Gasteiger partial charge is 0.251 e. The number of methoxy groups -OCH3 is 1. The van der Waals surface area contributed by atoms with Crippen molar-refractivity contribution in [1.29, 1.82) is 0 Å². The molecule has 0 bridgehead atoms. The molecule has 1 amide bonds. The lowest BCUT2D eigenvalue weighted by atomic mass is 10.1. The lowest BCUT2D eigenvalue weighted by Crippen LogP contribution is -2.52. The van der Waals surface area contributed by atoms with Crippen molar-refractivity contribution >= 4 is 11.6 Å². The summed E-state index contributed by atoms with van der Waals surface area (Å²) >= 11 is 0. The second-order valence-electron chi connectivity index (χ2n) is 5.84. The van der Waals surface area contributed by atoms with Crippen molar-refractivity contribution in [1.82, 2.24) is 4.90 Å². The zero-order valence-electron chi connectivity index (χ0n) is 13.2. The molecule has 0 saturated carbocycles. The summed E-state index contributed by atoms with van der Waals surface area (Å²) in [5, 5.41) is 0. The highest BCUT2D eigenvalue weighted by molar-refractivity contribution is 5.81. The minimum atomic E-state index is -0.216. The van der Waals surface area contributed by atoms with Gasteiger partial charge in [0.15, 0.2) is 0 Å². The van der Waals surface area contributed by atoms with Crippen LogP contribution in [-0.2, 0) is 9.53 Å². The molecule has 2 aliphatic rings. The highest BCUT2D eigenvalue weighted by Gasteiger charge is 2.29. The summed E-state index contributed by atoms with van der Waals surface area (Å²) < 4.78 is 11.0. The van der Waals surface area contributed by atoms with Gasteiger partial charge in [-0.05, 0) is 31.4 Å². The van der Waals surface area contributed by atoms with Gasteiger partial charge in [-0.15, -0.1) is 0 Å². The zero-order valence-corrected chi connectivity index (χ0v) is 13.2. The van der Waals surface area contributed by atoms with E-state index >= 15 is 0 Å². The number of carbonyl (C=O) groups is 1. The number of hydrogen-bond acceptors (Lipinski definition) is 4. The average Bonchev–Trinajstić information content (AvgIpc) is 2.62. The predicted molar refractivity (Wildman–Crippen MR) is 85.4 cm³/mol. The maximum atomic E-state index is 12.5. The van der Waals surface area contributed by atoms with Gasteiger partial charge >= 0.3 is 0 Å². The predicted octanol–water partition coefficient (Wildman–Crippen LogP) is 1.91. The fourth-order valence-corrected chi connectivity index (χ4v) is 3.20. The second-order valence-corrected chi connectivity index (χ2v) is 5.84. The van der Waals surface area contributed by atoms with Crippen LogP contribution in [0.25, 0.3) is 0 Å². The molecule has 22 heavy (non-hydrogen) atoms. The summed E-state index contributed by atoms with van der Waals surface area (Å²) in [6.45, 7) is 3.88. The monoisotopic (exact) mass is 304 g/mol. The van der Waals surface area contributed by atoms with Crippen LogP contribution in [0, 0.1) is 0 Å². The standard InChI is InChI=1S/C17H24N2O3/c1-21-15-7-3-2-6-14(15)18-9-11-19(12-10-18)17(20)16-8-4-5-13-22-16/h2-3,6-7,16H,4-5,8-13H2,1H3. The SMILES string of the molecule is COc1ccccc1N1CCN(C(=O)C2CCCCO2)CC1. The van der Waals surface area contributed by atoms with Crippen LogP contribution in [-0.4, -0.2) is 56.8 Å². The maximum Gasteiger partial charge on any atom is 0.251 e. The molecule has 2 heterocycles. The molecule has 1 aromatic rings. The van der Waals surface area contributed by atoms with E-state index in [1.165, 1.54) is 0 Å². The van der Waals surface area contributed by atoms with Gasteiger partial charge in [0.2, 0.25) is 0 Å². The van der Waals surface area contributed by atoms with Crippen molar-refractivity contribution in [2.75, 3.05) is 44.8 Å². The van der Waals surface area contributed by atoms with Crippen molar-refractivity contribution in [2.45, 2.75) is 25.4 Å². The molecule has 5 heteroatoms. The Hall–Kier alpha value is -1.75. The van der Waals surface area contributed by atoms with Crippen LogP contribution < -0.4 is 9.64 Å². The van der Waals surface area contributed by atoms with Gasteiger partial charge in [-0.2, -0.15) is 0 Å². The first-order valence-corrected chi connectivity index (χ1v) is 8.08. The summed E-state index contributed by atoms with van der Waals surface area (Å²) in [7, 11) is 1.69. The third-order valence-electron chi connectivity index (χ3n) is 4.47. The van der Waals surface area contributed by atoms with Crippen LogP contribution >= 0.6 is 0 Å². The highest BCUT2D eigenvalue weighted by Crippen LogP contribution is 2.28. The van der Waals surface area contributed by atoms with E-state index in [4.69, 9.17) is 9.47 Å². The molecule has 0 N–H and O–H groups in total. The number of ether oxygens (including phenoxy) is 2. The number of nitrogens with zero attached hydrogens (tertiary/aromatic N) is 2. The van der Waals surface area contributed by atoms with Crippen LogP contribution in [0.3, 0.4) is 0 Å². The summed E-state index contributed by atoms with van der Waals surface area (Å²) in [6, 6.07) is 8.04. The van der Waals surface area contributed by atoms with Crippen molar-refractivity contribution in [3.63, 3.8) is 0 Å². The minimum absolute atomic E-state index is 0.166. The first-order valence-electron chi connectivity index (χ1n) is 8.08. The van der Waals surface area contributed by atoms with Gasteiger partial charge in [0, 0.05) is 32.8 Å². The summed E-state index contributed by atoms with van der Waals surface area (Å²) in [4.78, 5) is 16.7. The molecular formula is C17H24N2O3. The molecule has 1 atom stereocenters. The molecule has 0 aliphatic carbocycles. The van der Waals surface area contributed by atoms with E-state index in [9.17, 15) is 4.79 Å². The van der Waals surface area contributed by atoms with Crippen LogP contribution in [0.15, 0.2) is 24.3 Å². The molecule has 0 radical (unpaired) electrons. The van der Waals surface area contributed by atoms with Crippen LogP contribution in [0.4, 0.5) is 5.69 Å². The number of amides is 1. The molecule has 3 rings (SSSR count). The fraction of sp³-hybridized carbons (Fsp3) is 0.588. The average molecular weight is 304 g/mol. The lowest BCUT2D eigenvalue weighted by Gasteiger charge is -2.38. The van der Waals surface area contributed by atoms with E-state index in [2.05, 4.69) is 11.0 Å². The Balaban J connectivity index is 1.59. The summed E-state index contributed by atoms with van der Waals surface area (Å²) in [5.41, 5.74) is 1.10. The Bertz CT molecular complexity index is 506. The van der Waals surface area contributed by atoms with E-state index in [1.54, 1.807) is 7.11 Å². The minimum Gasteiger partial charge on any atom is -0.495 e. The van der Waals surface area contributed by atoms with E-state index in [0.717, 1.165) is 63.5 Å². The quantitative estimate of drug-likeness (QED) is 0.855. The van der Waals surface area contributed by atoms with E-state index in [-0.39, 0.29) is 12.0 Å². The van der Waals surface area contributed by atoms with Gasteiger partial charge in [0.1, 0.15) is 11.9 Å². The Morgan fingerprint density at radius 1 is 1.18 bits per heavy atom. The molecule has 120 valence electrons. The molecule has 5 nitrogen and oxygen atoms in total. The molecule has 0 aromatic heterocycles. The summed E-state index contributed by atoms with van der Waals surface area (Å²) in [5.74, 6) is 1.05. The number of benzene rings is 1. The highest BCUT2D eigenvalue weighted by atomic mass is 16.5. The van der Waals surface area contributed by atoms with Crippen molar-refractivity contribution in [3.8, 4) is 5.75 Å².